The minimum atomic E-state index is -0.511. The zero-order chi connectivity index (χ0) is 10.0. The van der Waals surface area contributed by atoms with Crippen molar-refractivity contribution in [2.45, 2.75) is 12.8 Å². The van der Waals surface area contributed by atoms with Gasteiger partial charge in [-0.05, 0) is 33.6 Å². The first-order chi connectivity index (χ1) is 6.06. The molecule has 0 radical (unpaired) electrons. The van der Waals surface area contributed by atoms with Crippen LogP contribution in [0.5, 0.6) is 0 Å². The largest absolute Gasteiger partial charge is 0.396 e. The van der Waals surface area contributed by atoms with Crippen molar-refractivity contribution in [3.63, 3.8) is 0 Å². The highest BCUT2D eigenvalue weighted by molar-refractivity contribution is 9.10. The third kappa shape index (κ3) is 2.25. The van der Waals surface area contributed by atoms with E-state index >= 15 is 0 Å². The Morgan fingerprint density at radius 2 is 2.08 bits per heavy atom. The summed E-state index contributed by atoms with van der Waals surface area (Å²) in [7, 11) is 0. The molecule has 0 aliphatic heterocycles. The molecule has 0 heterocycles. The van der Waals surface area contributed by atoms with E-state index in [1.807, 2.05) is 0 Å². The fourth-order valence-electron chi connectivity index (χ4n) is 1.03. The molecule has 1 unspecified atom stereocenters. The van der Waals surface area contributed by atoms with Crippen molar-refractivity contribution in [3.8, 4) is 0 Å². The molecule has 4 heteroatoms. The van der Waals surface area contributed by atoms with Gasteiger partial charge in [0.25, 0.3) is 0 Å². The normalized spacial score (nSPS) is 13.0. The van der Waals surface area contributed by atoms with E-state index in [0.29, 0.717) is 0 Å². The Labute approximate surface area is 83.5 Å². The summed E-state index contributed by atoms with van der Waals surface area (Å²) in [6.07, 6.45) is 0. The van der Waals surface area contributed by atoms with Crippen LogP contribution >= 0.6 is 15.9 Å². The Bertz CT molecular complexity index is 315. The van der Waals surface area contributed by atoms with E-state index in [1.54, 1.807) is 6.92 Å². The van der Waals surface area contributed by atoms with Gasteiger partial charge < -0.3 is 5.11 Å². The van der Waals surface area contributed by atoms with Gasteiger partial charge in [-0.3, -0.25) is 0 Å². The summed E-state index contributed by atoms with van der Waals surface area (Å²) in [6.45, 7) is 1.43. The lowest BCUT2D eigenvalue weighted by Crippen LogP contribution is -2.03. The molecule has 0 spiro atoms. The molecule has 1 aromatic rings. The van der Waals surface area contributed by atoms with Crippen LogP contribution in [0.2, 0.25) is 0 Å². The lowest BCUT2D eigenvalue weighted by atomic mass is 10.0. The Hall–Kier alpha value is -0.480. The monoisotopic (exact) mass is 250 g/mol. The minimum absolute atomic E-state index is 0.0859. The van der Waals surface area contributed by atoms with Gasteiger partial charge >= 0.3 is 0 Å². The molecule has 0 saturated heterocycles. The predicted octanol–water partition coefficient (Wildman–Crippen LogP) is 2.82. The van der Waals surface area contributed by atoms with Crippen LogP contribution < -0.4 is 0 Å². The average Bonchev–Trinajstić information content (AvgIpc) is 2.10. The molecule has 0 bridgehead atoms. The van der Waals surface area contributed by atoms with Gasteiger partial charge in [0.05, 0.1) is 4.47 Å². The van der Waals surface area contributed by atoms with Gasteiger partial charge in [-0.2, -0.15) is 0 Å². The molecule has 13 heavy (non-hydrogen) atoms. The van der Waals surface area contributed by atoms with Gasteiger partial charge in [-0.15, -0.1) is 0 Å². The SMILES string of the molecule is CC(CO)c1cc(F)cc(Br)c1F. The van der Waals surface area contributed by atoms with Crippen LogP contribution in [0.3, 0.4) is 0 Å². The van der Waals surface area contributed by atoms with E-state index in [4.69, 9.17) is 5.11 Å². The second kappa shape index (κ2) is 4.15. The van der Waals surface area contributed by atoms with E-state index in [0.717, 1.165) is 12.1 Å². The number of halogens is 3. The van der Waals surface area contributed by atoms with E-state index < -0.39 is 17.6 Å². The number of aliphatic hydroxyl groups excluding tert-OH is 1. The summed E-state index contributed by atoms with van der Waals surface area (Å²) < 4.78 is 26.2. The zero-order valence-electron chi connectivity index (χ0n) is 7.02. The van der Waals surface area contributed by atoms with Crippen molar-refractivity contribution in [1.82, 2.24) is 0 Å². The molecule has 1 aromatic carbocycles. The molecule has 0 aliphatic rings. The van der Waals surface area contributed by atoms with Crippen molar-refractivity contribution < 1.29 is 13.9 Å². The van der Waals surface area contributed by atoms with Gasteiger partial charge in [-0.1, -0.05) is 6.92 Å². The molecule has 0 aromatic heterocycles. The van der Waals surface area contributed by atoms with E-state index in [9.17, 15) is 8.78 Å². The highest BCUT2D eigenvalue weighted by Crippen LogP contribution is 2.26. The third-order valence-electron chi connectivity index (χ3n) is 1.83. The van der Waals surface area contributed by atoms with Crippen LogP contribution in [0.4, 0.5) is 8.78 Å². The first-order valence-corrected chi connectivity index (χ1v) is 4.61. The summed E-state index contributed by atoms with van der Waals surface area (Å²) >= 11 is 2.90. The highest BCUT2D eigenvalue weighted by atomic mass is 79.9. The van der Waals surface area contributed by atoms with E-state index in [1.165, 1.54) is 0 Å². The predicted molar refractivity (Wildman–Crippen MR) is 49.6 cm³/mol. The number of aliphatic hydroxyl groups is 1. The second-order valence-electron chi connectivity index (χ2n) is 2.87. The molecule has 1 atom stereocenters. The first-order valence-electron chi connectivity index (χ1n) is 3.81. The lowest BCUT2D eigenvalue weighted by Gasteiger charge is -2.10. The summed E-state index contributed by atoms with van der Waals surface area (Å²) in [6, 6.07) is 2.16. The van der Waals surface area contributed by atoms with Crippen LogP contribution in [0.1, 0.15) is 18.4 Å². The number of hydrogen-bond acceptors (Lipinski definition) is 1. The summed E-state index contributed by atoms with van der Waals surface area (Å²) in [5.74, 6) is -1.42. The Balaban J connectivity index is 3.20. The zero-order valence-corrected chi connectivity index (χ0v) is 8.61. The fourth-order valence-corrected chi connectivity index (χ4v) is 1.48. The number of hydrogen-bond donors (Lipinski definition) is 1. The third-order valence-corrected chi connectivity index (χ3v) is 2.40. The van der Waals surface area contributed by atoms with Gasteiger partial charge in [-0.25, -0.2) is 8.78 Å². The van der Waals surface area contributed by atoms with Crippen molar-refractivity contribution in [1.29, 1.82) is 0 Å². The second-order valence-corrected chi connectivity index (χ2v) is 3.73. The Morgan fingerprint density at radius 3 is 2.62 bits per heavy atom. The fraction of sp³-hybridized carbons (Fsp3) is 0.333. The molecule has 0 fully saturated rings. The lowest BCUT2D eigenvalue weighted by molar-refractivity contribution is 0.270. The Morgan fingerprint density at radius 1 is 1.46 bits per heavy atom. The molecular weight excluding hydrogens is 242 g/mol. The molecule has 0 aliphatic carbocycles. The van der Waals surface area contributed by atoms with Crippen LogP contribution in [-0.4, -0.2) is 11.7 Å². The molecule has 1 N–H and O–H groups in total. The van der Waals surface area contributed by atoms with Gasteiger partial charge in [0.2, 0.25) is 0 Å². The average molecular weight is 251 g/mol. The summed E-state index contributed by atoms with van der Waals surface area (Å²) in [5, 5.41) is 8.79. The van der Waals surface area contributed by atoms with Gasteiger partial charge in [0.15, 0.2) is 0 Å². The Kier molecular flexibility index (Phi) is 3.39. The summed E-state index contributed by atoms with van der Waals surface area (Å²) in [5.41, 5.74) is 0.189. The van der Waals surface area contributed by atoms with Crippen LogP contribution in [-0.2, 0) is 0 Å². The standard InChI is InChI=1S/C9H9BrF2O/c1-5(4-13)7-2-6(11)3-8(10)9(7)12/h2-3,5,13H,4H2,1H3. The minimum Gasteiger partial charge on any atom is -0.396 e. The van der Waals surface area contributed by atoms with Crippen molar-refractivity contribution in [2.75, 3.05) is 6.61 Å². The van der Waals surface area contributed by atoms with Crippen molar-refractivity contribution in [2.24, 2.45) is 0 Å². The highest BCUT2D eigenvalue weighted by Gasteiger charge is 2.14. The molecular formula is C9H9BrF2O. The van der Waals surface area contributed by atoms with Crippen LogP contribution in [0.15, 0.2) is 16.6 Å². The van der Waals surface area contributed by atoms with Crippen LogP contribution in [0, 0.1) is 11.6 Å². The van der Waals surface area contributed by atoms with E-state index in [2.05, 4.69) is 15.9 Å². The number of rotatable bonds is 2. The van der Waals surface area contributed by atoms with E-state index in [-0.39, 0.29) is 16.6 Å². The molecule has 0 saturated carbocycles. The van der Waals surface area contributed by atoms with Crippen LogP contribution in [0.25, 0.3) is 0 Å². The van der Waals surface area contributed by atoms with Crippen molar-refractivity contribution in [3.05, 3.63) is 33.8 Å². The quantitative estimate of drug-likeness (QED) is 0.801. The topological polar surface area (TPSA) is 20.2 Å². The first kappa shape index (κ1) is 10.6. The maximum atomic E-state index is 13.3. The maximum absolute atomic E-state index is 13.3. The van der Waals surface area contributed by atoms with Gasteiger partial charge in [0, 0.05) is 12.5 Å². The molecule has 0 amide bonds. The number of benzene rings is 1. The smallest absolute Gasteiger partial charge is 0.141 e. The summed E-state index contributed by atoms with van der Waals surface area (Å²) in [4.78, 5) is 0. The molecule has 1 rings (SSSR count). The van der Waals surface area contributed by atoms with Gasteiger partial charge in [0.1, 0.15) is 11.6 Å². The van der Waals surface area contributed by atoms with Crippen molar-refractivity contribution >= 4 is 15.9 Å². The molecule has 1 nitrogen and oxygen atoms in total. The maximum Gasteiger partial charge on any atom is 0.141 e. The molecule has 72 valence electrons.